The molecular weight excluding hydrogens is 300 g/mol. The van der Waals surface area contributed by atoms with Crippen LogP contribution in [0.3, 0.4) is 0 Å². The fraction of sp³-hybridized carbons (Fsp3) is 0.600. The molecule has 0 radical (unpaired) electrons. The van der Waals surface area contributed by atoms with Crippen molar-refractivity contribution >= 4 is 8.07 Å². The summed E-state index contributed by atoms with van der Waals surface area (Å²) in [7, 11) is -1.70. The van der Waals surface area contributed by atoms with Gasteiger partial charge in [-0.1, -0.05) is 59.6 Å². The third kappa shape index (κ3) is 4.70. The molecule has 0 heterocycles. The van der Waals surface area contributed by atoms with Crippen LogP contribution in [0, 0.1) is 11.5 Å². The third-order valence-corrected chi connectivity index (χ3v) is 11.3. The number of hydrogen-bond donors (Lipinski definition) is 2. The number of aliphatic hydroxyl groups excluding tert-OH is 2. The molecule has 0 spiro atoms. The Morgan fingerprint density at radius 2 is 1.39 bits per heavy atom. The molecule has 0 aromatic heterocycles. The second-order valence-corrected chi connectivity index (χ2v) is 12.9. The molecule has 23 heavy (non-hydrogen) atoms. The van der Waals surface area contributed by atoms with Crippen molar-refractivity contribution in [2.24, 2.45) is 0 Å². The van der Waals surface area contributed by atoms with E-state index in [4.69, 9.17) is 5.11 Å². The van der Waals surface area contributed by atoms with E-state index in [1.54, 1.807) is 0 Å². The molecule has 0 aliphatic carbocycles. The van der Waals surface area contributed by atoms with Crippen molar-refractivity contribution in [2.45, 2.75) is 70.7 Å². The highest BCUT2D eigenvalue weighted by Gasteiger charge is 2.41. The maximum Gasteiger partial charge on any atom is 0.146 e. The van der Waals surface area contributed by atoms with Gasteiger partial charge in [0.1, 0.15) is 8.07 Å². The zero-order valence-electron chi connectivity index (χ0n) is 15.4. The van der Waals surface area contributed by atoms with Crippen molar-refractivity contribution in [3.05, 3.63) is 35.4 Å². The Labute approximate surface area is 143 Å². The largest absolute Gasteiger partial charge is 0.396 e. The molecule has 0 fully saturated rings. The summed E-state index contributed by atoms with van der Waals surface area (Å²) in [6.45, 7) is 13.9. The first-order valence-corrected chi connectivity index (χ1v) is 10.9. The molecule has 1 aromatic carbocycles. The summed E-state index contributed by atoms with van der Waals surface area (Å²) in [5, 5.41) is 18.8. The Morgan fingerprint density at radius 3 is 1.78 bits per heavy atom. The van der Waals surface area contributed by atoms with E-state index in [2.05, 4.69) is 53.0 Å². The number of rotatable bonds is 6. The summed E-state index contributed by atoms with van der Waals surface area (Å²) >= 11 is 0. The SMILES string of the molecule is CC(C)[Si](C#Cc1ccc([C@@H](O)CCO)cc1)(C(C)C)C(C)C. The van der Waals surface area contributed by atoms with E-state index in [1.165, 1.54) is 0 Å². The highest BCUT2D eigenvalue weighted by molar-refractivity contribution is 6.90. The molecule has 0 unspecified atom stereocenters. The van der Waals surface area contributed by atoms with Crippen LogP contribution in [0.4, 0.5) is 0 Å². The molecule has 2 N–H and O–H groups in total. The minimum Gasteiger partial charge on any atom is -0.396 e. The Balaban J connectivity index is 3.08. The van der Waals surface area contributed by atoms with Crippen LogP contribution in [-0.4, -0.2) is 24.9 Å². The van der Waals surface area contributed by atoms with Crippen LogP contribution in [0.25, 0.3) is 0 Å². The van der Waals surface area contributed by atoms with Crippen LogP contribution < -0.4 is 0 Å². The van der Waals surface area contributed by atoms with E-state index in [0.717, 1.165) is 11.1 Å². The summed E-state index contributed by atoms with van der Waals surface area (Å²) in [6.07, 6.45) is -0.229. The zero-order chi connectivity index (χ0) is 17.6. The second-order valence-electron chi connectivity index (χ2n) is 7.30. The summed E-state index contributed by atoms with van der Waals surface area (Å²) < 4.78 is 0. The van der Waals surface area contributed by atoms with Crippen LogP contribution in [0.1, 0.15) is 65.2 Å². The smallest absolute Gasteiger partial charge is 0.146 e. The summed E-state index contributed by atoms with van der Waals surface area (Å²) in [6, 6.07) is 7.77. The molecule has 3 heteroatoms. The highest BCUT2D eigenvalue weighted by Crippen LogP contribution is 2.40. The van der Waals surface area contributed by atoms with E-state index in [9.17, 15) is 5.11 Å². The third-order valence-electron chi connectivity index (χ3n) is 4.99. The molecule has 1 rings (SSSR count). The zero-order valence-corrected chi connectivity index (χ0v) is 16.4. The van der Waals surface area contributed by atoms with E-state index in [1.807, 2.05) is 24.3 Å². The molecule has 0 saturated heterocycles. The van der Waals surface area contributed by atoms with Crippen molar-refractivity contribution in [1.82, 2.24) is 0 Å². The van der Waals surface area contributed by atoms with Crippen LogP contribution in [0.15, 0.2) is 24.3 Å². The molecule has 0 bridgehead atoms. The van der Waals surface area contributed by atoms with Gasteiger partial charge in [0.15, 0.2) is 0 Å². The van der Waals surface area contributed by atoms with Gasteiger partial charge in [0.25, 0.3) is 0 Å². The number of hydrogen-bond acceptors (Lipinski definition) is 2. The van der Waals surface area contributed by atoms with Gasteiger partial charge in [-0.25, -0.2) is 0 Å². The van der Waals surface area contributed by atoms with Crippen LogP contribution in [-0.2, 0) is 0 Å². The molecule has 2 nitrogen and oxygen atoms in total. The minimum atomic E-state index is -1.70. The topological polar surface area (TPSA) is 40.5 Å². The lowest BCUT2D eigenvalue weighted by Crippen LogP contribution is -2.43. The van der Waals surface area contributed by atoms with Gasteiger partial charge < -0.3 is 10.2 Å². The van der Waals surface area contributed by atoms with E-state index in [-0.39, 0.29) is 6.61 Å². The average molecular weight is 333 g/mol. The molecule has 1 atom stereocenters. The number of aliphatic hydroxyl groups is 2. The van der Waals surface area contributed by atoms with Gasteiger partial charge in [-0.15, -0.1) is 5.54 Å². The van der Waals surface area contributed by atoms with Crippen LogP contribution in [0.2, 0.25) is 16.6 Å². The van der Waals surface area contributed by atoms with Crippen molar-refractivity contribution < 1.29 is 10.2 Å². The Bertz CT molecular complexity index is 513. The molecule has 0 amide bonds. The molecule has 0 aliphatic rings. The maximum atomic E-state index is 9.90. The molecule has 1 aromatic rings. The van der Waals surface area contributed by atoms with Crippen molar-refractivity contribution in [2.75, 3.05) is 6.61 Å². The lowest BCUT2D eigenvalue weighted by molar-refractivity contribution is 0.134. The fourth-order valence-electron chi connectivity index (χ4n) is 3.69. The van der Waals surface area contributed by atoms with Crippen molar-refractivity contribution in [1.29, 1.82) is 0 Å². The van der Waals surface area contributed by atoms with Gasteiger partial charge in [0.05, 0.1) is 6.10 Å². The predicted octanol–water partition coefficient (Wildman–Crippen LogP) is 4.67. The van der Waals surface area contributed by atoms with Crippen molar-refractivity contribution in [3.8, 4) is 11.5 Å². The van der Waals surface area contributed by atoms with E-state index >= 15 is 0 Å². The minimum absolute atomic E-state index is 0.00594. The second kappa shape index (κ2) is 8.68. The highest BCUT2D eigenvalue weighted by atomic mass is 28.3. The first-order valence-electron chi connectivity index (χ1n) is 8.67. The monoisotopic (exact) mass is 332 g/mol. The van der Waals surface area contributed by atoms with Gasteiger partial charge >= 0.3 is 0 Å². The maximum absolute atomic E-state index is 9.90. The Morgan fingerprint density at radius 1 is 0.913 bits per heavy atom. The van der Waals surface area contributed by atoms with Crippen molar-refractivity contribution in [3.63, 3.8) is 0 Å². The molecular formula is C20H32O2Si. The molecule has 128 valence electrons. The van der Waals surface area contributed by atoms with Gasteiger partial charge in [0, 0.05) is 18.6 Å². The lowest BCUT2D eigenvalue weighted by atomic mass is 10.1. The first kappa shape index (κ1) is 20.0. The lowest BCUT2D eigenvalue weighted by Gasteiger charge is -2.38. The predicted molar refractivity (Wildman–Crippen MR) is 101 cm³/mol. The quantitative estimate of drug-likeness (QED) is 0.587. The Kier molecular flexibility index (Phi) is 7.53. The Hall–Kier alpha value is -1.08. The van der Waals surface area contributed by atoms with Gasteiger partial charge in [0.2, 0.25) is 0 Å². The average Bonchev–Trinajstić information content (AvgIpc) is 2.47. The van der Waals surface area contributed by atoms with E-state index in [0.29, 0.717) is 23.0 Å². The molecule has 0 saturated carbocycles. The standard InChI is InChI=1S/C20H32O2Si/c1-15(2)23(16(3)4,17(5)6)14-12-18-7-9-19(10-8-18)20(22)11-13-21/h7-10,15-17,20-22H,11,13H2,1-6H3/t20-/m0/s1. The van der Waals surface area contributed by atoms with E-state index < -0.39 is 14.2 Å². The molecule has 0 aliphatic heterocycles. The van der Waals surface area contributed by atoms with Gasteiger partial charge in [-0.05, 0) is 34.3 Å². The number of benzene rings is 1. The fourth-order valence-corrected chi connectivity index (χ4v) is 8.92. The summed E-state index contributed by atoms with van der Waals surface area (Å²) in [4.78, 5) is 0. The normalized spacial score (nSPS) is 13.3. The summed E-state index contributed by atoms with van der Waals surface area (Å²) in [5.74, 6) is 3.41. The summed E-state index contributed by atoms with van der Waals surface area (Å²) in [5.41, 5.74) is 7.43. The first-order chi connectivity index (χ1) is 10.8. The van der Waals surface area contributed by atoms with Gasteiger partial charge in [-0.2, -0.15) is 0 Å². The van der Waals surface area contributed by atoms with Gasteiger partial charge in [-0.3, -0.25) is 0 Å². The van der Waals surface area contributed by atoms with Crippen LogP contribution in [0.5, 0.6) is 0 Å². The van der Waals surface area contributed by atoms with Crippen LogP contribution >= 0.6 is 0 Å².